The molecule has 1 aliphatic heterocycles. The van der Waals surface area contributed by atoms with Gasteiger partial charge in [-0.2, -0.15) is 4.31 Å². The van der Waals surface area contributed by atoms with Gasteiger partial charge in [0.05, 0.1) is 10.9 Å². The molecule has 1 saturated heterocycles. The third-order valence-corrected chi connectivity index (χ3v) is 7.48. The summed E-state index contributed by atoms with van der Waals surface area (Å²) in [7, 11) is -3.52. The van der Waals surface area contributed by atoms with Crippen LogP contribution in [0.4, 0.5) is 0 Å². The first-order chi connectivity index (χ1) is 12.1. The maximum Gasteiger partial charge on any atom is 0.243 e. The van der Waals surface area contributed by atoms with Crippen LogP contribution in [0.5, 0.6) is 0 Å². The van der Waals surface area contributed by atoms with E-state index in [1.54, 1.807) is 28.6 Å². The number of benzene rings is 2. The van der Waals surface area contributed by atoms with Crippen LogP contribution < -0.4 is 0 Å². The summed E-state index contributed by atoms with van der Waals surface area (Å²) in [5.41, 5.74) is 1.06. The zero-order valence-corrected chi connectivity index (χ0v) is 16.3. The molecular weight excluding hydrogens is 400 g/mol. The molecule has 0 N–H and O–H groups in total. The minimum absolute atomic E-state index is 0.135. The normalized spacial score (nSPS) is 22.8. The Morgan fingerprint density at radius 3 is 2.24 bits per heavy atom. The number of piperazine rings is 1. The minimum Gasteiger partial charge on any atom is -0.297 e. The van der Waals surface area contributed by atoms with Crippen molar-refractivity contribution >= 4 is 26.0 Å². The molecule has 0 aromatic heterocycles. The van der Waals surface area contributed by atoms with E-state index >= 15 is 0 Å². The van der Waals surface area contributed by atoms with E-state index in [4.69, 9.17) is 0 Å². The van der Waals surface area contributed by atoms with Crippen molar-refractivity contribution in [2.75, 3.05) is 19.6 Å². The number of nitrogens with zero attached hydrogens (tertiary/aromatic N) is 2. The fraction of sp³-hybridized carbons (Fsp3) is 0.368. The highest BCUT2D eigenvalue weighted by Gasteiger charge is 2.40. The quantitative estimate of drug-likeness (QED) is 0.757. The Morgan fingerprint density at radius 2 is 1.60 bits per heavy atom. The van der Waals surface area contributed by atoms with E-state index < -0.39 is 10.0 Å². The van der Waals surface area contributed by atoms with Gasteiger partial charge in [-0.1, -0.05) is 46.3 Å². The van der Waals surface area contributed by atoms with Crippen LogP contribution in [-0.2, 0) is 10.0 Å². The summed E-state index contributed by atoms with van der Waals surface area (Å²) in [6, 6.07) is 17.4. The van der Waals surface area contributed by atoms with E-state index in [1.807, 2.05) is 30.3 Å². The van der Waals surface area contributed by atoms with E-state index in [-0.39, 0.29) is 6.04 Å². The van der Waals surface area contributed by atoms with E-state index in [9.17, 15) is 8.42 Å². The number of halogens is 1. The van der Waals surface area contributed by atoms with Crippen LogP contribution in [0.1, 0.15) is 24.4 Å². The molecule has 1 aliphatic carbocycles. The highest BCUT2D eigenvalue weighted by Crippen LogP contribution is 2.36. The van der Waals surface area contributed by atoms with E-state index in [1.165, 1.54) is 12.8 Å². The van der Waals surface area contributed by atoms with Crippen LogP contribution >= 0.6 is 15.9 Å². The maximum absolute atomic E-state index is 13.3. The molecule has 6 heteroatoms. The lowest BCUT2D eigenvalue weighted by Gasteiger charge is -2.41. The summed E-state index contributed by atoms with van der Waals surface area (Å²) in [5.74, 6) is 0. The van der Waals surface area contributed by atoms with Crippen LogP contribution in [0.3, 0.4) is 0 Å². The monoisotopic (exact) mass is 420 g/mol. The van der Waals surface area contributed by atoms with Crippen molar-refractivity contribution in [3.05, 3.63) is 64.6 Å². The molecule has 1 heterocycles. The van der Waals surface area contributed by atoms with Gasteiger partial charge in [0.1, 0.15) is 0 Å². The Balaban J connectivity index is 1.69. The van der Waals surface area contributed by atoms with Gasteiger partial charge in [-0.3, -0.25) is 4.90 Å². The van der Waals surface area contributed by atoms with Crippen LogP contribution in [0.15, 0.2) is 64.0 Å². The Bertz CT molecular complexity index is 835. The fourth-order valence-electron chi connectivity index (χ4n) is 3.54. The molecule has 0 bridgehead atoms. The lowest BCUT2D eigenvalue weighted by atomic mass is 10.0. The van der Waals surface area contributed by atoms with Crippen molar-refractivity contribution in [3.8, 4) is 0 Å². The first kappa shape index (κ1) is 17.2. The molecule has 0 radical (unpaired) electrons. The molecule has 2 aromatic rings. The summed E-state index contributed by atoms with van der Waals surface area (Å²) in [5, 5.41) is 0. The highest BCUT2D eigenvalue weighted by atomic mass is 79.9. The number of rotatable bonds is 4. The fourth-order valence-corrected chi connectivity index (χ4v) is 5.40. The molecule has 1 atom stereocenters. The molecule has 132 valence electrons. The molecule has 1 saturated carbocycles. The average Bonchev–Trinajstić information content (AvgIpc) is 3.47. The second-order valence-electron chi connectivity index (χ2n) is 6.72. The molecule has 4 nitrogen and oxygen atoms in total. The molecule has 2 aliphatic rings. The van der Waals surface area contributed by atoms with Gasteiger partial charge < -0.3 is 0 Å². The Labute approximate surface area is 157 Å². The van der Waals surface area contributed by atoms with Crippen molar-refractivity contribution < 1.29 is 8.42 Å². The second-order valence-corrected chi connectivity index (χ2v) is 9.53. The maximum atomic E-state index is 13.3. The Kier molecular flexibility index (Phi) is 4.71. The van der Waals surface area contributed by atoms with Crippen molar-refractivity contribution in [2.45, 2.75) is 29.8 Å². The van der Waals surface area contributed by atoms with Gasteiger partial charge in [0.2, 0.25) is 10.0 Å². The van der Waals surface area contributed by atoms with Crippen molar-refractivity contribution in [1.82, 2.24) is 9.21 Å². The number of hydrogen-bond acceptors (Lipinski definition) is 3. The van der Waals surface area contributed by atoms with Gasteiger partial charge in [-0.15, -0.1) is 0 Å². The molecular formula is C19H21BrN2O2S. The smallest absolute Gasteiger partial charge is 0.243 e. The lowest BCUT2D eigenvalue weighted by molar-refractivity contribution is 0.129. The molecule has 25 heavy (non-hydrogen) atoms. The topological polar surface area (TPSA) is 40.6 Å². The number of sulfonamides is 1. The summed E-state index contributed by atoms with van der Waals surface area (Å²) in [6.07, 6.45) is 2.47. The zero-order valence-electron chi connectivity index (χ0n) is 13.9. The predicted octanol–water partition coefficient (Wildman–Crippen LogP) is 3.66. The summed E-state index contributed by atoms with van der Waals surface area (Å²) in [6.45, 7) is 2.11. The van der Waals surface area contributed by atoms with Crippen molar-refractivity contribution in [3.63, 3.8) is 0 Å². The average molecular weight is 421 g/mol. The largest absolute Gasteiger partial charge is 0.297 e. The molecule has 4 rings (SSSR count). The summed E-state index contributed by atoms with van der Waals surface area (Å²) >= 11 is 3.37. The summed E-state index contributed by atoms with van der Waals surface area (Å²) in [4.78, 5) is 2.81. The molecule has 1 unspecified atom stereocenters. The van der Waals surface area contributed by atoms with Gasteiger partial charge in [0.15, 0.2) is 0 Å². The minimum atomic E-state index is -3.52. The summed E-state index contributed by atoms with van der Waals surface area (Å²) < 4.78 is 29.1. The molecule has 0 amide bonds. The van der Waals surface area contributed by atoms with Gasteiger partial charge in [-0.25, -0.2) is 8.42 Å². The first-order valence-corrected chi connectivity index (χ1v) is 10.9. The Morgan fingerprint density at radius 1 is 0.920 bits per heavy atom. The van der Waals surface area contributed by atoms with Gasteiger partial charge in [0.25, 0.3) is 0 Å². The van der Waals surface area contributed by atoms with Crippen molar-refractivity contribution in [2.24, 2.45) is 0 Å². The van der Waals surface area contributed by atoms with E-state index in [0.717, 1.165) is 23.1 Å². The third-order valence-electron chi connectivity index (χ3n) is 5.03. The van der Waals surface area contributed by atoms with Gasteiger partial charge in [-0.05, 0) is 42.7 Å². The highest BCUT2D eigenvalue weighted by molar-refractivity contribution is 9.10. The van der Waals surface area contributed by atoms with Gasteiger partial charge in [0, 0.05) is 30.1 Å². The second kappa shape index (κ2) is 6.83. The van der Waals surface area contributed by atoms with Crippen LogP contribution in [-0.4, -0.2) is 43.3 Å². The van der Waals surface area contributed by atoms with Crippen LogP contribution in [0.25, 0.3) is 0 Å². The first-order valence-electron chi connectivity index (χ1n) is 8.62. The predicted molar refractivity (Wildman–Crippen MR) is 102 cm³/mol. The zero-order chi connectivity index (χ0) is 17.4. The third kappa shape index (κ3) is 3.53. The Hall–Kier alpha value is -1.21. The molecule has 2 aromatic carbocycles. The SMILES string of the molecule is O=S(=O)(c1ccc(Br)cc1)N1CCN(C2CC2)CC1c1ccccc1. The number of hydrogen-bond donors (Lipinski definition) is 0. The lowest BCUT2D eigenvalue weighted by Crippen LogP contribution is -2.51. The van der Waals surface area contributed by atoms with Crippen molar-refractivity contribution in [1.29, 1.82) is 0 Å². The van der Waals surface area contributed by atoms with Crippen LogP contribution in [0, 0.1) is 0 Å². The van der Waals surface area contributed by atoms with E-state index in [2.05, 4.69) is 20.8 Å². The molecule has 0 spiro atoms. The van der Waals surface area contributed by atoms with E-state index in [0.29, 0.717) is 17.5 Å². The molecule has 2 fully saturated rings. The van der Waals surface area contributed by atoms with Gasteiger partial charge >= 0.3 is 0 Å². The van der Waals surface area contributed by atoms with Crippen LogP contribution in [0.2, 0.25) is 0 Å². The standard InChI is InChI=1S/C19H21BrN2O2S/c20-16-6-10-18(11-7-16)25(23,24)22-13-12-21(17-8-9-17)14-19(22)15-4-2-1-3-5-15/h1-7,10-11,17,19H,8-9,12-14H2.